The largest absolute Gasteiger partial charge is 0.320 e. The Morgan fingerprint density at radius 1 is 1.60 bits per heavy atom. The van der Waals surface area contributed by atoms with Gasteiger partial charge in [0.2, 0.25) is 0 Å². The van der Waals surface area contributed by atoms with E-state index in [1.807, 2.05) is 6.07 Å². The molecule has 1 aromatic heterocycles. The molecule has 0 aliphatic rings. The molecule has 0 bridgehead atoms. The summed E-state index contributed by atoms with van der Waals surface area (Å²) in [6.45, 7) is 5.25. The van der Waals surface area contributed by atoms with Gasteiger partial charge in [-0.3, -0.25) is 4.79 Å². The minimum absolute atomic E-state index is 0.269. The Kier molecular flexibility index (Phi) is 9.39. The molecule has 0 aliphatic carbocycles. The molecule has 0 aliphatic heterocycles. The van der Waals surface area contributed by atoms with Gasteiger partial charge >= 0.3 is 0 Å². The van der Waals surface area contributed by atoms with Crippen molar-refractivity contribution in [2.45, 2.75) is 6.92 Å². The molecule has 7 heteroatoms. The summed E-state index contributed by atoms with van der Waals surface area (Å²) in [6.07, 6.45) is 6.13. The molecule has 0 saturated heterocycles. The van der Waals surface area contributed by atoms with Crippen molar-refractivity contribution in [3.8, 4) is 6.07 Å². The molecule has 1 aromatic rings. The number of nitrogens with zero attached hydrogens (tertiary/aromatic N) is 2. The molecule has 0 atom stereocenters. The SMILES string of the molecule is C=C/C=C(NC(=O)c1cc(Cl)ns1)\C(C#N)=C/C.CCl. The Bertz CT molecular complexity index is 570. The van der Waals surface area contributed by atoms with Crippen LogP contribution < -0.4 is 5.32 Å². The lowest BCUT2D eigenvalue weighted by atomic mass is 10.2. The highest BCUT2D eigenvalue weighted by molar-refractivity contribution is 7.08. The molecule has 0 unspecified atom stereocenters. The van der Waals surface area contributed by atoms with Crippen molar-refractivity contribution in [1.82, 2.24) is 9.69 Å². The van der Waals surface area contributed by atoms with E-state index in [9.17, 15) is 4.79 Å². The van der Waals surface area contributed by atoms with Crippen LogP contribution in [0.15, 0.2) is 42.1 Å². The smallest absolute Gasteiger partial charge is 0.267 e. The summed E-state index contributed by atoms with van der Waals surface area (Å²) in [5.41, 5.74) is 0.753. The summed E-state index contributed by atoms with van der Waals surface area (Å²) in [5, 5.41) is 11.8. The highest BCUT2D eigenvalue weighted by Crippen LogP contribution is 2.15. The fraction of sp³-hybridized carbons (Fsp3) is 0.154. The predicted molar refractivity (Wildman–Crippen MR) is 84.0 cm³/mol. The number of nitrogens with one attached hydrogen (secondary N) is 1. The van der Waals surface area contributed by atoms with Crippen molar-refractivity contribution in [1.29, 1.82) is 5.26 Å². The second-order valence-electron chi connectivity index (χ2n) is 3.10. The summed E-state index contributed by atoms with van der Waals surface area (Å²) in [7, 11) is 0. The number of alkyl halides is 1. The average molecular weight is 330 g/mol. The van der Waals surface area contributed by atoms with Gasteiger partial charge in [-0.05, 0) is 24.5 Å². The Morgan fingerprint density at radius 3 is 2.65 bits per heavy atom. The molecule has 4 nitrogen and oxygen atoms in total. The first-order valence-corrected chi connectivity index (χ1v) is 7.24. The molecule has 1 heterocycles. The first kappa shape index (κ1) is 18.4. The van der Waals surface area contributed by atoms with Gasteiger partial charge in [-0.2, -0.15) is 9.64 Å². The molecule has 1 rings (SSSR count). The topological polar surface area (TPSA) is 65.8 Å². The zero-order valence-corrected chi connectivity index (χ0v) is 13.3. The molecule has 1 N–H and O–H groups in total. The molecular weight excluding hydrogens is 317 g/mol. The summed E-state index contributed by atoms with van der Waals surface area (Å²) >= 11 is 11.3. The van der Waals surface area contributed by atoms with Gasteiger partial charge in [-0.15, -0.1) is 11.6 Å². The molecule has 106 valence electrons. The Balaban J connectivity index is 0.00000172. The minimum atomic E-state index is -0.359. The van der Waals surface area contributed by atoms with Gasteiger partial charge in [0.25, 0.3) is 5.91 Å². The van der Waals surface area contributed by atoms with Gasteiger partial charge < -0.3 is 5.32 Å². The number of nitriles is 1. The molecular formula is C13H13Cl2N3OS. The summed E-state index contributed by atoms with van der Waals surface area (Å²) in [6, 6.07) is 3.46. The van der Waals surface area contributed by atoms with E-state index in [4.69, 9.17) is 16.9 Å². The zero-order chi connectivity index (χ0) is 15.5. The molecule has 0 spiro atoms. The van der Waals surface area contributed by atoms with Crippen molar-refractivity contribution >= 4 is 40.6 Å². The van der Waals surface area contributed by atoms with Gasteiger partial charge in [-0.25, -0.2) is 0 Å². The second kappa shape index (κ2) is 10.2. The minimum Gasteiger partial charge on any atom is -0.320 e. The van der Waals surface area contributed by atoms with Crippen molar-refractivity contribution in [3.63, 3.8) is 0 Å². The van der Waals surface area contributed by atoms with E-state index in [0.717, 1.165) is 11.5 Å². The number of carbonyl (C=O) groups is 1. The third kappa shape index (κ3) is 5.57. The van der Waals surface area contributed by atoms with E-state index in [0.29, 0.717) is 16.1 Å². The van der Waals surface area contributed by atoms with Crippen LogP contribution in [0.3, 0.4) is 0 Å². The van der Waals surface area contributed by atoms with Crippen LogP contribution in [0.5, 0.6) is 0 Å². The van der Waals surface area contributed by atoms with E-state index in [-0.39, 0.29) is 11.1 Å². The standard InChI is InChI=1S/C12H10ClN3OS.CH3Cl/c1-3-5-9(8(4-2)7-14)15-12(17)10-6-11(13)16-18-10;1-2/h3-6H,1H2,2H3,(H,15,17);1H3/b8-4-,9-5+;. The number of amides is 1. The van der Waals surface area contributed by atoms with Gasteiger partial charge in [0, 0.05) is 12.4 Å². The third-order valence-electron chi connectivity index (χ3n) is 1.94. The van der Waals surface area contributed by atoms with E-state index in [2.05, 4.69) is 27.9 Å². The zero-order valence-electron chi connectivity index (χ0n) is 11.0. The monoisotopic (exact) mass is 329 g/mol. The lowest BCUT2D eigenvalue weighted by Gasteiger charge is -2.06. The van der Waals surface area contributed by atoms with Crippen LogP contribution in [-0.2, 0) is 0 Å². The number of aromatic nitrogens is 1. The van der Waals surface area contributed by atoms with Crippen molar-refractivity contribution in [2.75, 3.05) is 6.38 Å². The van der Waals surface area contributed by atoms with Crippen LogP contribution in [0.2, 0.25) is 5.15 Å². The van der Waals surface area contributed by atoms with E-state index in [1.165, 1.54) is 18.5 Å². The highest BCUT2D eigenvalue weighted by atomic mass is 35.5. The maximum atomic E-state index is 11.9. The number of hydrogen-bond donors (Lipinski definition) is 1. The van der Waals surface area contributed by atoms with Crippen LogP contribution in [0.25, 0.3) is 0 Å². The Labute approximate surface area is 132 Å². The second-order valence-corrected chi connectivity index (χ2v) is 4.29. The van der Waals surface area contributed by atoms with Gasteiger partial charge in [0.05, 0.1) is 11.3 Å². The quantitative estimate of drug-likeness (QED) is 0.517. The van der Waals surface area contributed by atoms with Gasteiger partial charge in [0.1, 0.15) is 16.1 Å². The summed E-state index contributed by atoms with van der Waals surface area (Å²) < 4.78 is 3.80. The Morgan fingerprint density at radius 2 is 2.25 bits per heavy atom. The maximum absolute atomic E-state index is 11.9. The number of allylic oxidation sites excluding steroid dienone is 4. The summed E-state index contributed by atoms with van der Waals surface area (Å²) in [5.74, 6) is -0.359. The highest BCUT2D eigenvalue weighted by Gasteiger charge is 2.13. The van der Waals surface area contributed by atoms with Crippen LogP contribution >= 0.6 is 34.7 Å². The molecule has 0 fully saturated rings. The summed E-state index contributed by atoms with van der Waals surface area (Å²) in [4.78, 5) is 12.2. The molecule has 0 aromatic carbocycles. The van der Waals surface area contributed by atoms with Crippen LogP contribution in [-0.4, -0.2) is 16.7 Å². The first-order chi connectivity index (χ1) is 9.62. The van der Waals surface area contributed by atoms with E-state index >= 15 is 0 Å². The molecule has 1 amide bonds. The lowest BCUT2D eigenvalue weighted by Crippen LogP contribution is -2.22. The normalized spacial score (nSPS) is 10.9. The van der Waals surface area contributed by atoms with Gasteiger partial charge in [0.15, 0.2) is 0 Å². The van der Waals surface area contributed by atoms with Gasteiger partial charge in [-0.1, -0.05) is 30.3 Å². The predicted octanol–water partition coefficient (Wildman–Crippen LogP) is 3.92. The van der Waals surface area contributed by atoms with Crippen LogP contribution in [0.1, 0.15) is 16.6 Å². The molecule has 20 heavy (non-hydrogen) atoms. The van der Waals surface area contributed by atoms with Crippen LogP contribution in [0.4, 0.5) is 0 Å². The fourth-order valence-corrected chi connectivity index (χ4v) is 1.96. The number of rotatable bonds is 4. The van der Waals surface area contributed by atoms with Crippen molar-refractivity contribution in [3.05, 3.63) is 52.2 Å². The van der Waals surface area contributed by atoms with Crippen molar-refractivity contribution < 1.29 is 4.79 Å². The lowest BCUT2D eigenvalue weighted by molar-refractivity contribution is 0.0971. The number of halogens is 2. The number of carbonyl (C=O) groups excluding carboxylic acids is 1. The maximum Gasteiger partial charge on any atom is 0.267 e. The third-order valence-corrected chi connectivity index (χ3v) is 3.02. The van der Waals surface area contributed by atoms with Crippen LogP contribution in [0, 0.1) is 11.3 Å². The molecule has 0 saturated carbocycles. The Hall–Kier alpha value is -1.61. The average Bonchev–Trinajstić information content (AvgIpc) is 2.89. The first-order valence-electron chi connectivity index (χ1n) is 5.33. The fourth-order valence-electron chi connectivity index (χ4n) is 1.14. The van der Waals surface area contributed by atoms with E-state index in [1.54, 1.807) is 19.1 Å². The number of hydrogen-bond acceptors (Lipinski definition) is 4. The van der Waals surface area contributed by atoms with Crippen molar-refractivity contribution in [2.24, 2.45) is 0 Å². The molecule has 0 radical (unpaired) electrons. The van der Waals surface area contributed by atoms with E-state index < -0.39 is 0 Å².